The highest BCUT2D eigenvalue weighted by Crippen LogP contribution is 2.35. The van der Waals surface area contributed by atoms with Gasteiger partial charge in [0.2, 0.25) is 0 Å². The molecule has 176 valence electrons. The van der Waals surface area contributed by atoms with Crippen LogP contribution in [0.25, 0.3) is 0 Å². The lowest BCUT2D eigenvalue weighted by Gasteiger charge is -2.31. The molecule has 0 saturated heterocycles. The van der Waals surface area contributed by atoms with Gasteiger partial charge in [0.15, 0.2) is 17.2 Å². The Hall–Kier alpha value is -2.94. The van der Waals surface area contributed by atoms with Gasteiger partial charge in [0, 0.05) is 11.8 Å². The third kappa shape index (κ3) is 7.64. The van der Waals surface area contributed by atoms with Crippen LogP contribution in [0.5, 0.6) is 11.5 Å². The van der Waals surface area contributed by atoms with Crippen molar-refractivity contribution in [3.63, 3.8) is 0 Å². The molecule has 0 bridgehead atoms. The third-order valence-corrected chi connectivity index (χ3v) is 4.75. The number of anilines is 1. The Labute approximate surface area is 184 Å². The van der Waals surface area contributed by atoms with E-state index in [4.69, 9.17) is 14.2 Å². The summed E-state index contributed by atoms with van der Waals surface area (Å²) in [6.07, 6.45) is -4.85. The number of hydrogen-bond donors (Lipinski definition) is 1. The molecule has 0 aliphatic carbocycles. The second kappa shape index (κ2) is 11.1. The second-order valence-corrected chi connectivity index (χ2v) is 7.16. The minimum absolute atomic E-state index is 0.0928. The van der Waals surface area contributed by atoms with E-state index in [1.54, 1.807) is 6.92 Å². The highest BCUT2D eigenvalue weighted by Gasteiger charge is 2.36. The SMILES string of the molecule is C=C(OCCOCc1ccccc1)C(C)(F)[C@@H](C)Nc1ccc(OC(F)(F)F)c(OC)c1. The van der Waals surface area contributed by atoms with E-state index in [1.165, 1.54) is 26.2 Å². The van der Waals surface area contributed by atoms with Crippen LogP contribution in [0.3, 0.4) is 0 Å². The van der Waals surface area contributed by atoms with Crippen LogP contribution in [0.15, 0.2) is 60.9 Å². The first-order valence-electron chi connectivity index (χ1n) is 9.86. The summed E-state index contributed by atoms with van der Waals surface area (Å²) in [4.78, 5) is 0. The predicted octanol–water partition coefficient (Wildman–Crippen LogP) is 5.87. The maximum Gasteiger partial charge on any atom is 0.573 e. The molecule has 5 nitrogen and oxygen atoms in total. The maximum absolute atomic E-state index is 15.3. The van der Waals surface area contributed by atoms with Gasteiger partial charge >= 0.3 is 6.36 Å². The van der Waals surface area contributed by atoms with Gasteiger partial charge in [-0.2, -0.15) is 0 Å². The summed E-state index contributed by atoms with van der Waals surface area (Å²) >= 11 is 0. The van der Waals surface area contributed by atoms with Gasteiger partial charge in [-0.05, 0) is 31.5 Å². The molecule has 0 aliphatic heterocycles. The molecule has 0 radical (unpaired) electrons. The van der Waals surface area contributed by atoms with E-state index in [-0.39, 0.29) is 24.7 Å². The van der Waals surface area contributed by atoms with Crippen LogP contribution in [-0.4, -0.2) is 38.4 Å². The Morgan fingerprint density at radius 3 is 2.34 bits per heavy atom. The van der Waals surface area contributed by atoms with E-state index in [0.29, 0.717) is 12.3 Å². The van der Waals surface area contributed by atoms with E-state index in [1.807, 2.05) is 30.3 Å². The second-order valence-electron chi connectivity index (χ2n) is 7.16. The van der Waals surface area contributed by atoms with Crippen molar-refractivity contribution < 1.29 is 36.5 Å². The average molecular weight is 457 g/mol. The number of benzene rings is 2. The van der Waals surface area contributed by atoms with Crippen molar-refractivity contribution in [2.24, 2.45) is 0 Å². The van der Waals surface area contributed by atoms with Crippen molar-refractivity contribution in [3.8, 4) is 11.5 Å². The summed E-state index contributed by atoms with van der Waals surface area (Å²) in [7, 11) is 1.21. The summed E-state index contributed by atoms with van der Waals surface area (Å²) < 4.78 is 72.5. The molecule has 0 amide bonds. The molecule has 9 heteroatoms. The van der Waals surface area contributed by atoms with Crippen LogP contribution in [0.2, 0.25) is 0 Å². The third-order valence-electron chi connectivity index (χ3n) is 4.75. The molecule has 2 atom stereocenters. The van der Waals surface area contributed by atoms with Gasteiger partial charge < -0.3 is 24.3 Å². The van der Waals surface area contributed by atoms with Crippen LogP contribution in [-0.2, 0) is 16.1 Å². The number of rotatable bonds is 12. The summed E-state index contributed by atoms with van der Waals surface area (Å²) in [5, 5.41) is 2.89. The molecule has 1 unspecified atom stereocenters. The van der Waals surface area contributed by atoms with Crippen molar-refractivity contribution in [1.82, 2.24) is 0 Å². The van der Waals surface area contributed by atoms with E-state index in [9.17, 15) is 13.2 Å². The number of hydrogen-bond acceptors (Lipinski definition) is 5. The van der Waals surface area contributed by atoms with Crippen LogP contribution in [0.4, 0.5) is 23.2 Å². The van der Waals surface area contributed by atoms with Crippen molar-refractivity contribution in [1.29, 1.82) is 0 Å². The molecule has 1 N–H and O–H groups in total. The lowest BCUT2D eigenvalue weighted by Crippen LogP contribution is -2.41. The number of methoxy groups -OCH3 is 1. The maximum atomic E-state index is 15.3. The van der Waals surface area contributed by atoms with Crippen LogP contribution in [0.1, 0.15) is 19.4 Å². The molecular weight excluding hydrogens is 430 g/mol. The van der Waals surface area contributed by atoms with Gasteiger partial charge in [-0.1, -0.05) is 36.9 Å². The molecule has 0 saturated carbocycles. The zero-order chi connectivity index (χ0) is 23.8. The number of halogens is 4. The van der Waals surface area contributed by atoms with Crippen molar-refractivity contribution in [2.45, 2.75) is 38.5 Å². The molecule has 0 fully saturated rings. The Balaban J connectivity index is 1.87. The Morgan fingerprint density at radius 2 is 1.72 bits per heavy atom. The molecule has 0 aliphatic rings. The normalized spacial score (nSPS) is 14.2. The molecular formula is C23H27F4NO4. The van der Waals surface area contributed by atoms with Crippen molar-refractivity contribution in [3.05, 3.63) is 66.4 Å². The minimum atomic E-state index is -4.85. The Kier molecular flexibility index (Phi) is 8.77. The monoisotopic (exact) mass is 457 g/mol. The van der Waals surface area contributed by atoms with E-state index >= 15 is 4.39 Å². The first kappa shape index (κ1) is 25.3. The topological polar surface area (TPSA) is 49.0 Å². The smallest absolute Gasteiger partial charge is 0.493 e. The van der Waals surface area contributed by atoms with E-state index in [2.05, 4.69) is 16.6 Å². The quantitative estimate of drug-likeness (QED) is 0.245. The molecule has 0 heterocycles. The number of nitrogens with one attached hydrogen (secondary N) is 1. The summed E-state index contributed by atoms with van der Waals surface area (Å²) in [5.41, 5.74) is -0.623. The molecule has 0 spiro atoms. The summed E-state index contributed by atoms with van der Waals surface area (Å²) in [6.45, 7) is 7.32. The molecule has 32 heavy (non-hydrogen) atoms. The Morgan fingerprint density at radius 1 is 1.03 bits per heavy atom. The largest absolute Gasteiger partial charge is 0.573 e. The van der Waals surface area contributed by atoms with E-state index in [0.717, 1.165) is 11.6 Å². The number of alkyl halides is 4. The first-order chi connectivity index (χ1) is 15.0. The Bertz CT molecular complexity index is 872. The van der Waals surface area contributed by atoms with Crippen molar-refractivity contribution in [2.75, 3.05) is 25.6 Å². The lowest BCUT2D eigenvalue weighted by atomic mass is 9.97. The van der Waals surface area contributed by atoms with E-state index < -0.39 is 23.8 Å². The molecule has 2 rings (SSSR count). The highest BCUT2D eigenvalue weighted by molar-refractivity contribution is 5.55. The predicted molar refractivity (Wildman–Crippen MR) is 113 cm³/mol. The fourth-order valence-electron chi connectivity index (χ4n) is 2.72. The average Bonchev–Trinajstić information content (AvgIpc) is 2.74. The highest BCUT2D eigenvalue weighted by atomic mass is 19.4. The zero-order valence-electron chi connectivity index (χ0n) is 18.2. The zero-order valence-corrected chi connectivity index (χ0v) is 18.2. The van der Waals surface area contributed by atoms with Crippen LogP contribution in [0, 0.1) is 0 Å². The summed E-state index contributed by atoms with van der Waals surface area (Å²) in [6, 6.07) is 12.5. The molecule has 0 aromatic heterocycles. The first-order valence-corrected chi connectivity index (χ1v) is 9.86. The van der Waals surface area contributed by atoms with Crippen LogP contribution >= 0.6 is 0 Å². The van der Waals surface area contributed by atoms with Gasteiger partial charge in [-0.3, -0.25) is 0 Å². The molecule has 2 aromatic rings. The lowest BCUT2D eigenvalue weighted by molar-refractivity contribution is -0.275. The fraction of sp³-hybridized carbons (Fsp3) is 0.391. The van der Waals surface area contributed by atoms with Gasteiger partial charge in [0.05, 0.1) is 26.4 Å². The molecule has 2 aromatic carbocycles. The standard InChI is InChI=1S/C23H27F4NO4/c1-16(28-19-10-11-20(21(14-19)29-4)32-23(25,26)27)22(3,24)17(2)31-13-12-30-15-18-8-6-5-7-9-18/h5-11,14,16,28H,2,12-13,15H2,1,3-4H3/t16-,22?/m1/s1. The summed E-state index contributed by atoms with van der Waals surface area (Å²) in [5.74, 6) is -0.736. The van der Waals surface area contributed by atoms with Gasteiger partial charge in [-0.15, -0.1) is 13.2 Å². The van der Waals surface area contributed by atoms with Gasteiger partial charge in [-0.25, -0.2) is 4.39 Å². The van der Waals surface area contributed by atoms with Gasteiger partial charge in [0.25, 0.3) is 0 Å². The number of ether oxygens (including phenoxy) is 4. The fourth-order valence-corrected chi connectivity index (χ4v) is 2.72. The van der Waals surface area contributed by atoms with Crippen molar-refractivity contribution >= 4 is 5.69 Å². The van der Waals surface area contributed by atoms with Gasteiger partial charge in [0.1, 0.15) is 12.4 Å². The minimum Gasteiger partial charge on any atom is -0.493 e. The van der Waals surface area contributed by atoms with Crippen LogP contribution < -0.4 is 14.8 Å².